The summed E-state index contributed by atoms with van der Waals surface area (Å²) in [6.07, 6.45) is 0.769. The van der Waals surface area contributed by atoms with E-state index in [9.17, 15) is 9.59 Å². The van der Waals surface area contributed by atoms with Crippen LogP contribution in [0.1, 0.15) is 12.5 Å². The zero-order valence-electron chi connectivity index (χ0n) is 8.34. The van der Waals surface area contributed by atoms with Gasteiger partial charge in [-0.2, -0.15) is 0 Å². The SMILES string of the molecule is CC(=O)OC1Cc2ccccc2N1C=O. The molecule has 1 atom stereocenters. The molecule has 1 aromatic rings. The van der Waals surface area contributed by atoms with Crippen LogP contribution in [0.25, 0.3) is 0 Å². The molecule has 1 aliphatic heterocycles. The predicted molar refractivity (Wildman–Crippen MR) is 54.2 cm³/mol. The number of rotatable bonds is 2. The Morgan fingerprint density at radius 2 is 2.27 bits per heavy atom. The van der Waals surface area contributed by atoms with E-state index in [1.807, 2.05) is 24.3 Å². The molecule has 4 heteroatoms. The minimum absolute atomic E-state index is 0.375. The summed E-state index contributed by atoms with van der Waals surface area (Å²) in [5.41, 5.74) is 1.84. The Morgan fingerprint density at radius 1 is 1.53 bits per heavy atom. The van der Waals surface area contributed by atoms with Crippen LogP contribution in [0.15, 0.2) is 24.3 Å². The third kappa shape index (κ3) is 1.70. The molecule has 0 saturated heterocycles. The molecule has 1 unspecified atom stereocenters. The summed E-state index contributed by atoms with van der Waals surface area (Å²) in [6.45, 7) is 1.34. The molecule has 1 amide bonds. The number of amides is 1. The second-order valence-corrected chi connectivity index (χ2v) is 3.41. The van der Waals surface area contributed by atoms with Gasteiger partial charge in [0.2, 0.25) is 6.41 Å². The molecule has 1 heterocycles. The Balaban J connectivity index is 2.28. The Bertz CT molecular complexity index is 403. The van der Waals surface area contributed by atoms with E-state index in [-0.39, 0.29) is 5.97 Å². The molecule has 0 radical (unpaired) electrons. The van der Waals surface area contributed by atoms with Crippen LogP contribution < -0.4 is 4.90 Å². The van der Waals surface area contributed by atoms with Gasteiger partial charge < -0.3 is 4.74 Å². The summed E-state index contributed by atoms with van der Waals surface area (Å²) in [4.78, 5) is 23.2. The lowest BCUT2D eigenvalue weighted by Crippen LogP contribution is -2.34. The summed E-state index contributed by atoms with van der Waals surface area (Å²) >= 11 is 0. The lowest BCUT2D eigenvalue weighted by molar-refractivity contribution is -0.146. The summed E-state index contributed by atoms with van der Waals surface area (Å²) in [5, 5.41) is 0. The Hall–Kier alpha value is -1.84. The third-order valence-corrected chi connectivity index (χ3v) is 2.39. The highest BCUT2D eigenvalue weighted by molar-refractivity contribution is 5.81. The molecule has 1 aromatic carbocycles. The van der Waals surface area contributed by atoms with Crippen LogP contribution in [0.5, 0.6) is 0 Å². The Morgan fingerprint density at radius 3 is 2.93 bits per heavy atom. The molecule has 0 spiro atoms. The van der Waals surface area contributed by atoms with Crippen molar-refractivity contribution in [2.75, 3.05) is 4.90 Å². The number of ether oxygens (including phenoxy) is 1. The quantitative estimate of drug-likeness (QED) is 0.536. The van der Waals surface area contributed by atoms with Gasteiger partial charge in [-0.25, -0.2) is 0 Å². The van der Waals surface area contributed by atoms with Crippen molar-refractivity contribution >= 4 is 18.1 Å². The molecule has 0 saturated carbocycles. The van der Waals surface area contributed by atoms with E-state index in [2.05, 4.69) is 0 Å². The molecule has 0 aliphatic carbocycles. The van der Waals surface area contributed by atoms with Crippen LogP contribution in [0.3, 0.4) is 0 Å². The van der Waals surface area contributed by atoms with Crippen LogP contribution in [-0.2, 0) is 20.7 Å². The van der Waals surface area contributed by atoms with Crippen LogP contribution in [0.4, 0.5) is 5.69 Å². The highest BCUT2D eigenvalue weighted by Gasteiger charge is 2.30. The van der Waals surface area contributed by atoms with Crippen molar-refractivity contribution < 1.29 is 14.3 Å². The van der Waals surface area contributed by atoms with E-state index in [1.165, 1.54) is 11.8 Å². The van der Waals surface area contributed by atoms with E-state index < -0.39 is 6.23 Å². The van der Waals surface area contributed by atoms with Gasteiger partial charge >= 0.3 is 5.97 Å². The first-order valence-corrected chi connectivity index (χ1v) is 4.71. The van der Waals surface area contributed by atoms with E-state index in [0.29, 0.717) is 12.8 Å². The molecular formula is C11H11NO3. The minimum atomic E-state index is -0.489. The number of carbonyl (C=O) groups excluding carboxylic acids is 2. The number of anilines is 1. The number of hydrogen-bond acceptors (Lipinski definition) is 3. The van der Waals surface area contributed by atoms with Crippen molar-refractivity contribution in [1.29, 1.82) is 0 Å². The first kappa shape index (κ1) is 9.71. The third-order valence-electron chi connectivity index (χ3n) is 2.39. The number of nitrogens with zero attached hydrogens (tertiary/aromatic N) is 1. The number of fused-ring (bicyclic) bond motifs is 1. The first-order valence-electron chi connectivity index (χ1n) is 4.71. The van der Waals surface area contributed by atoms with E-state index in [0.717, 1.165) is 11.3 Å². The van der Waals surface area contributed by atoms with Crippen molar-refractivity contribution in [3.63, 3.8) is 0 Å². The molecule has 2 rings (SSSR count). The Kier molecular flexibility index (Phi) is 2.41. The zero-order valence-corrected chi connectivity index (χ0v) is 8.34. The average Bonchev–Trinajstić information content (AvgIpc) is 2.53. The van der Waals surface area contributed by atoms with E-state index in [1.54, 1.807) is 0 Å². The fourth-order valence-electron chi connectivity index (χ4n) is 1.79. The second kappa shape index (κ2) is 3.73. The van der Waals surface area contributed by atoms with Gasteiger partial charge in [0.1, 0.15) is 0 Å². The summed E-state index contributed by atoms with van der Waals surface area (Å²) in [6, 6.07) is 7.52. The first-order chi connectivity index (χ1) is 7.22. The number of hydrogen-bond donors (Lipinski definition) is 0. The monoisotopic (exact) mass is 205 g/mol. The van der Waals surface area contributed by atoms with Gasteiger partial charge in [-0.1, -0.05) is 18.2 Å². The molecule has 4 nitrogen and oxygen atoms in total. The molecule has 0 N–H and O–H groups in total. The van der Waals surface area contributed by atoms with Crippen LogP contribution in [-0.4, -0.2) is 18.6 Å². The lowest BCUT2D eigenvalue weighted by atomic mass is 10.2. The van der Waals surface area contributed by atoms with Crippen LogP contribution >= 0.6 is 0 Å². The number of esters is 1. The van der Waals surface area contributed by atoms with Gasteiger partial charge in [0.05, 0.1) is 5.69 Å². The molecule has 0 fully saturated rings. The molecule has 1 aliphatic rings. The van der Waals surface area contributed by atoms with E-state index in [4.69, 9.17) is 4.74 Å². The predicted octanol–water partition coefficient (Wildman–Crippen LogP) is 1.09. The van der Waals surface area contributed by atoms with E-state index >= 15 is 0 Å². The fourth-order valence-corrected chi connectivity index (χ4v) is 1.79. The molecule has 0 aromatic heterocycles. The summed E-state index contributed by atoms with van der Waals surface area (Å²) in [5.74, 6) is -0.375. The van der Waals surface area contributed by atoms with Crippen LogP contribution in [0.2, 0.25) is 0 Å². The summed E-state index contributed by atoms with van der Waals surface area (Å²) < 4.78 is 5.05. The highest BCUT2D eigenvalue weighted by atomic mass is 16.6. The van der Waals surface area contributed by atoms with Gasteiger partial charge in [0.15, 0.2) is 6.23 Å². The van der Waals surface area contributed by atoms with Crippen LogP contribution in [0, 0.1) is 0 Å². The smallest absolute Gasteiger partial charge is 0.304 e. The maximum absolute atomic E-state index is 10.9. The topological polar surface area (TPSA) is 46.6 Å². The minimum Gasteiger partial charge on any atom is -0.441 e. The van der Waals surface area contributed by atoms with Gasteiger partial charge in [-0.05, 0) is 11.6 Å². The van der Waals surface area contributed by atoms with Crippen molar-refractivity contribution in [2.45, 2.75) is 19.6 Å². The second-order valence-electron chi connectivity index (χ2n) is 3.41. The standard InChI is InChI=1S/C11H11NO3/c1-8(14)15-11-6-9-4-2-3-5-10(9)12(11)7-13/h2-5,7,11H,6H2,1H3. The maximum Gasteiger partial charge on any atom is 0.304 e. The lowest BCUT2D eigenvalue weighted by Gasteiger charge is -2.19. The maximum atomic E-state index is 10.9. The van der Waals surface area contributed by atoms with Gasteiger partial charge in [-0.15, -0.1) is 0 Å². The average molecular weight is 205 g/mol. The highest BCUT2D eigenvalue weighted by Crippen LogP contribution is 2.30. The number of para-hydroxylation sites is 1. The Labute approximate surface area is 87.4 Å². The fraction of sp³-hybridized carbons (Fsp3) is 0.273. The number of carbonyl (C=O) groups is 2. The van der Waals surface area contributed by atoms with Crippen molar-refractivity contribution in [3.8, 4) is 0 Å². The van der Waals surface area contributed by atoms with Crippen molar-refractivity contribution in [3.05, 3.63) is 29.8 Å². The van der Waals surface area contributed by atoms with Gasteiger partial charge in [-0.3, -0.25) is 14.5 Å². The van der Waals surface area contributed by atoms with Gasteiger partial charge in [0, 0.05) is 13.3 Å². The zero-order chi connectivity index (χ0) is 10.8. The number of benzene rings is 1. The summed E-state index contributed by atoms with van der Waals surface area (Å²) in [7, 11) is 0. The van der Waals surface area contributed by atoms with Gasteiger partial charge in [0.25, 0.3) is 0 Å². The molecule has 78 valence electrons. The molecular weight excluding hydrogens is 194 g/mol. The normalized spacial score (nSPS) is 18.5. The largest absolute Gasteiger partial charge is 0.441 e. The van der Waals surface area contributed by atoms with Crippen molar-refractivity contribution in [1.82, 2.24) is 0 Å². The van der Waals surface area contributed by atoms with Crippen molar-refractivity contribution in [2.24, 2.45) is 0 Å². The molecule has 0 bridgehead atoms. The molecule has 15 heavy (non-hydrogen) atoms.